The molecule has 10 heteroatoms. The Labute approximate surface area is 206 Å². The summed E-state index contributed by atoms with van der Waals surface area (Å²) in [6.07, 6.45) is 2.90. The van der Waals surface area contributed by atoms with Crippen molar-refractivity contribution in [2.24, 2.45) is 4.36 Å². The van der Waals surface area contributed by atoms with Crippen molar-refractivity contribution < 1.29 is 23.9 Å². The number of nitrogens with one attached hydrogen (secondary N) is 1. The lowest BCUT2D eigenvalue weighted by molar-refractivity contribution is 0.177. The molecule has 0 spiro atoms. The first-order valence-electron chi connectivity index (χ1n) is 11.3. The molecule has 4 bridgehead atoms. The Hall–Kier alpha value is -3.27. The highest BCUT2D eigenvalue weighted by atomic mass is 32.2. The van der Waals surface area contributed by atoms with E-state index < -0.39 is 21.4 Å². The van der Waals surface area contributed by atoms with Gasteiger partial charge < -0.3 is 14.8 Å². The zero-order chi connectivity index (χ0) is 25.6. The van der Waals surface area contributed by atoms with E-state index >= 15 is 0 Å². The molecule has 0 saturated carbocycles. The predicted molar refractivity (Wildman–Crippen MR) is 137 cm³/mol. The molecule has 0 amide bonds. The predicted octanol–water partition coefficient (Wildman–Crippen LogP) is 6.22. The molecule has 0 saturated heterocycles. The Morgan fingerprint density at radius 2 is 2.00 bits per heavy atom. The number of aromatic nitrogens is 2. The van der Waals surface area contributed by atoms with Gasteiger partial charge in [-0.2, -0.15) is 0 Å². The van der Waals surface area contributed by atoms with Crippen LogP contribution in [-0.2, 0) is 15.5 Å². The van der Waals surface area contributed by atoms with Crippen LogP contribution in [0.2, 0.25) is 0 Å². The summed E-state index contributed by atoms with van der Waals surface area (Å²) in [6.45, 7) is 6.11. The standard InChI is InChI=1S/C23H24F2N4O3S.C2H6.H2/c1-14-6-7-31-21-10-16(24)4-5-19(21)22-20(25)12-27-23(29-22)28-17-8-15(9-18(11-17)32-14)13-33(3,30)26-2;1-2;/h4-5,8-12,14H,6-7,13H2,1-3H3,(H,27,28,29);1-2H3;1H. The number of fused-ring (bicyclic) bond motifs is 6. The zero-order valence-electron chi connectivity index (χ0n) is 20.5. The van der Waals surface area contributed by atoms with Gasteiger partial charge in [-0.05, 0) is 36.8 Å². The Balaban J connectivity index is 0.00000148. The van der Waals surface area contributed by atoms with E-state index in [9.17, 15) is 13.0 Å². The molecule has 2 unspecified atom stereocenters. The molecule has 1 N–H and O–H groups in total. The van der Waals surface area contributed by atoms with Crippen LogP contribution in [0.4, 0.5) is 20.4 Å². The van der Waals surface area contributed by atoms with Crippen molar-refractivity contribution >= 4 is 21.4 Å². The summed E-state index contributed by atoms with van der Waals surface area (Å²) in [5, 5.41) is 3.06. The highest BCUT2D eigenvalue weighted by Gasteiger charge is 2.18. The molecule has 2 aromatic carbocycles. The van der Waals surface area contributed by atoms with Crippen molar-refractivity contribution in [1.29, 1.82) is 0 Å². The lowest BCUT2D eigenvalue weighted by atomic mass is 10.1. The number of anilines is 2. The molecule has 35 heavy (non-hydrogen) atoms. The third kappa shape index (κ3) is 6.88. The van der Waals surface area contributed by atoms with Crippen molar-refractivity contribution in [2.45, 2.75) is 39.0 Å². The quantitative estimate of drug-likeness (QED) is 0.444. The molecule has 0 aliphatic carbocycles. The number of rotatable bonds is 2. The Bertz CT molecular complexity index is 1320. The molecule has 4 rings (SSSR count). The molecule has 190 valence electrons. The summed E-state index contributed by atoms with van der Waals surface area (Å²) < 4.78 is 56.9. The van der Waals surface area contributed by atoms with Gasteiger partial charge in [0.05, 0.1) is 24.7 Å². The molecule has 0 radical (unpaired) electrons. The van der Waals surface area contributed by atoms with Gasteiger partial charge in [-0.1, -0.05) is 13.8 Å². The average molecular weight is 507 g/mol. The van der Waals surface area contributed by atoms with Crippen LogP contribution in [0.15, 0.2) is 47.0 Å². The monoisotopic (exact) mass is 506 g/mol. The summed E-state index contributed by atoms with van der Waals surface area (Å²) >= 11 is 0. The minimum absolute atomic E-state index is 0. The Morgan fingerprint density at radius 1 is 1.23 bits per heavy atom. The van der Waals surface area contributed by atoms with Crippen molar-refractivity contribution in [3.05, 3.63) is 59.8 Å². The molecule has 2 atom stereocenters. The lowest BCUT2D eigenvalue weighted by Gasteiger charge is -2.19. The first-order valence-corrected chi connectivity index (χ1v) is 13.4. The van der Waals surface area contributed by atoms with E-state index in [1.807, 2.05) is 26.8 Å². The van der Waals surface area contributed by atoms with Gasteiger partial charge in [-0.25, -0.2) is 27.3 Å². The lowest BCUT2D eigenvalue weighted by Crippen LogP contribution is -2.17. The number of hydrogen-bond donors (Lipinski definition) is 1. The van der Waals surface area contributed by atoms with E-state index in [1.54, 1.807) is 18.4 Å². The maximum absolute atomic E-state index is 14.7. The van der Waals surface area contributed by atoms with E-state index in [4.69, 9.17) is 9.47 Å². The van der Waals surface area contributed by atoms with E-state index in [0.717, 1.165) is 11.8 Å². The minimum Gasteiger partial charge on any atom is -0.493 e. The van der Waals surface area contributed by atoms with Crippen LogP contribution in [0.1, 0.15) is 34.2 Å². The molecular formula is C25H32F2N4O3S. The number of halogens is 2. The molecular weight excluding hydrogens is 474 g/mol. The summed E-state index contributed by atoms with van der Waals surface area (Å²) in [6, 6.07) is 9.24. The van der Waals surface area contributed by atoms with E-state index in [-0.39, 0.29) is 37.3 Å². The van der Waals surface area contributed by atoms with E-state index in [2.05, 4.69) is 19.6 Å². The second-order valence-corrected chi connectivity index (χ2v) is 10.4. The van der Waals surface area contributed by atoms with Crippen LogP contribution in [-0.4, -0.2) is 40.2 Å². The van der Waals surface area contributed by atoms with Crippen molar-refractivity contribution in [3.8, 4) is 22.8 Å². The van der Waals surface area contributed by atoms with E-state index in [0.29, 0.717) is 23.4 Å². The first kappa shape index (κ1) is 26.3. The molecule has 1 aromatic heterocycles. The van der Waals surface area contributed by atoms with Gasteiger partial charge in [0.15, 0.2) is 5.82 Å². The number of ether oxygens (including phenoxy) is 2. The first-order chi connectivity index (χ1) is 16.7. The normalized spacial score (nSPS) is 16.5. The molecule has 1 aliphatic heterocycles. The van der Waals surface area contributed by atoms with Crippen LogP contribution in [0.25, 0.3) is 11.3 Å². The zero-order valence-corrected chi connectivity index (χ0v) is 21.3. The van der Waals surface area contributed by atoms with Gasteiger partial charge in [0.1, 0.15) is 23.0 Å². The number of benzene rings is 2. The van der Waals surface area contributed by atoms with Gasteiger partial charge >= 0.3 is 0 Å². The largest absolute Gasteiger partial charge is 0.493 e. The molecule has 2 heterocycles. The fourth-order valence-electron chi connectivity index (χ4n) is 3.44. The van der Waals surface area contributed by atoms with Crippen LogP contribution in [0.5, 0.6) is 11.5 Å². The fourth-order valence-corrected chi connectivity index (χ4v) is 4.35. The highest BCUT2D eigenvalue weighted by molar-refractivity contribution is 7.92. The topological polar surface area (TPSA) is 85.7 Å². The molecule has 3 aromatic rings. The van der Waals surface area contributed by atoms with Crippen molar-refractivity contribution in [2.75, 3.05) is 25.2 Å². The highest BCUT2D eigenvalue weighted by Crippen LogP contribution is 2.33. The summed E-state index contributed by atoms with van der Waals surface area (Å²) in [7, 11) is -0.874. The summed E-state index contributed by atoms with van der Waals surface area (Å²) in [4.78, 5) is 8.33. The molecule has 1 aliphatic rings. The number of nitrogens with zero attached hydrogens (tertiary/aromatic N) is 3. The maximum atomic E-state index is 14.7. The Kier molecular flexibility index (Phi) is 8.61. The van der Waals surface area contributed by atoms with Gasteiger partial charge in [-0.15, -0.1) is 0 Å². The fraction of sp³-hybridized carbons (Fsp3) is 0.360. The Morgan fingerprint density at radius 3 is 2.74 bits per heavy atom. The van der Waals surface area contributed by atoms with Gasteiger partial charge in [0.25, 0.3) is 0 Å². The minimum atomic E-state index is -2.40. The third-order valence-corrected chi connectivity index (χ3v) is 6.75. The van der Waals surface area contributed by atoms with Gasteiger partial charge in [0, 0.05) is 54.3 Å². The van der Waals surface area contributed by atoms with Gasteiger partial charge in [0.2, 0.25) is 5.95 Å². The van der Waals surface area contributed by atoms with Crippen molar-refractivity contribution in [1.82, 2.24) is 9.97 Å². The van der Waals surface area contributed by atoms with Crippen LogP contribution in [0, 0.1) is 11.6 Å². The number of hydrogen-bond acceptors (Lipinski definition) is 7. The molecule has 0 fully saturated rings. The maximum Gasteiger partial charge on any atom is 0.227 e. The second-order valence-electron chi connectivity index (χ2n) is 7.87. The van der Waals surface area contributed by atoms with Crippen molar-refractivity contribution in [3.63, 3.8) is 0 Å². The second kappa shape index (κ2) is 11.4. The third-order valence-electron chi connectivity index (χ3n) is 5.11. The summed E-state index contributed by atoms with van der Waals surface area (Å²) in [5.41, 5.74) is 1.65. The van der Waals surface area contributed by atoms with Crippen LogP contribution < -0.4 is 14.8 Å². The average Bonchev–Trinajstić information content (AvgIpc) is 2.81. The van der Waals surface area contributed by atoms with Crippen LogP contribution in [0.3, 0.4) is 0 Å². The van der Waals surface area contributed by atoms with Gasteiger partial charge in [-0.3, -0.25) is 0 Å². The summed E-state index contributed by atoms with van der Waals surface area (Å²) in [5.74, 6) is -0.0515. The molecule has 7 nitrogen and oxygen atoms in total. The SMILES string of the molecule is CC.CN=S(C)(=O)Cc1cc2cc(c1)OC(C)CCOc1cc(F)ccc1-c1nc(ncc1F)N2.[HH]. The van der Waals surface area contributed by atoms with Crippen LogP contribution >= 0.6 is 0 Å². The van der Waals surface area contributed by atoms with E-state index in [1.165, 1.54) is 25.2 Å². The smallest absolute Gasteiger partial charge is 0.227 e.